The number of hydrogen-bond donors (Lipinski definition) is 1. The summed E-state index contributed by atoms with van der Waals surface area (Å²) in [6.45, 7) is 1.50. The van der Waals surface area contributed by atoms with Gasteiger partial charge in [-0.25, -0.2) is 0 Å². The van der Waals surface area contributed by atoms with Gasteiger partial charge in [-0.3, -0.25) is 4.79 Å². The first kappa shape index (κ1) is 15.9. The molecule has 0 atom stereocenters. The van der Waals surface area contributed by atoms with Crippen molar-refractivity contribution in [3.8, 4) is 6.07 Å². The minimum absolute atomic E-state index is 0.0525. The number of hydrogen-bond acceptors (Lipinski definition) is 4. The lowest BCUT2D eigenvalue weighted by Gasteiger charge is -2.34. The number of carbonyl (C=O) groups excluding carboxylic acids is 1. The molecule has 5 nitrogen and oxygen atoms in total. The Kier molecular flexibility index (Phi) is 6.82. The average molecular weight is 267 g/mol. The molecule has 0 saturated heterocycles. The summed E-state index contributed by atoms with van der Waals surface area (Å²) < 4.78 is 5.01. The van der Waals surface area contributed by atoms with Gasteiger partial charge < -0.3 is 15.4 Å². The van der Waals surface area contributed by atoms with Crippen molar-refractivity contribution < 1.29 is 9.53 Å². The van der Waals surface area contributed by atoms with Crippen molar-refractivity contribution in [1.82, 2.24) is 4.90 Å². The van der Waals surface area contributed by atoms with E-state index in [1.165, 1.54) is 6.42 Å². The summed E-state index contributed by atoms with van der Waals surface area (Å²) in [5, 5.41) is 8.65. The zero-order valence-corrected chi connectivity index (χ0v) is 11.9. The molecule has 5 heteroatoms. The molecule has 0 aliphatic heterocycles. The van der Waals surface area contributed by atoms with Gasteiger partial charge in [-0.05, 0) is 12.8 Å². The van der Waals surface area contributed by atoms with E-state index in [2.05, 4.69) is 6.07 Å². The van der Waals surface area contributed by atoms with Gasteiger partial charge in [0.25, 0.3) is 0 Å². The van der Waals surface area contributed by atoms with Crippen molar-refractivity contribution in [2.24, 2.45) is 5.73 Å². The number of ether oxygens (including phenoxy) is 1. The maximum absolute atomic E-state index is 12.3. The zero-order chi connectivity index (χ0) is 14.1. The van der Waals surface area contributed by atoms with Crippen LogP contribution in [0, 0.1) is 11.3 Å². The lowest BCUT2D eigenvalue weighted by atomic mass is 9.80. The highest BCUT2D eigenvalue weighted by molar-refractivity contribution is 5.77. The summed E-state index contributed by atoms with van der Waals surface area (Å²) in [4.78, 5) is 14.0. The summed E-state index contributed by atoms with van der Waals surface area (Å²) in [7, 11) is 1.61. The number of nitrogens with zero attached hydrogens (tertiary/aromatic N) is 2. The quantitative estimate of drug-likeness (QED) is 0.756. The molecule has 2 N–H and O–H groups in total. The zero-order valence-electron chi connectivity index (χ0n) is 11.9. The largest absolute Gasteiger partial charge is 0.383 e. The van der Waals surface area contributed by atoms with Crippen LogP contribution in [0.5, 0.6) is 0 Å². The predicted octanol–water partition coefficient (Wildman–Crippen LogP) is 1.43. The Bertz CT molecular complexity index is 319. The van der Waals surface area contributed by atoms with Crippen molar-refractivity contribution in [2.45, 2.75) is 50.5 Å². The van der Waals surface area contributed by atoms with Crippen LogP contribution in [0.1, 0.15) is 44.9 Å². The Morgan fingerprint density at radius 2 is 2.05 bits per heavy atom. The predicted molar refractivity (Wildman–Crippen MR) is 73.3 cm³/mol. The van der Waals surface area contributed by atoms with Crippen LogP contribution in [0.4, 0.5) is 0 Å². The van der Waals surface area contributed by atoms with Crippen LogP contribution < -0.4 is 5.73 Å². The number of methoxy groups -OCH3 is 1. The van der Waals surface area contributed by atoms with E-state index in [1.54, 1.807) is 12.0 Å². The van der Waals surface area contributed by atoms with Crippen molar-refractivity contribution in [3.05, 3.63) is 0 Å². The summed E-state index contributed by atoms with van der Waals surface area (Å²) in [5.74, 6) is 0.0525. The average Bonchev–Trinajstić information content (AvgIpc) is 2.39. The molecule has 1 aliphatic rings. The van der Waals surface area contributed by atoms with Gasteiger partial charge in [-0.1, -0.05) is 19.3 Å². The van der Waals surface area contributed by atoms with E-state index in [-0.39, 0.29) is 11.4 Å². The van der Waals surface area contributed by atoms with Crippen molar-refractivity contribution in [1.29, 1.82) is 5.26 Å². The van der Waals surface area contributed by atoms with Crippen LogP contribution in [-0.4, -0.2) is 43.2 Å². The lowest BCUT2D eigenvalue weighted by molar-refractivity contribution is -0.133. The molecule has 0 spiro atoms. The third-order valence-electron chi connectivity index (χ3n) is 3.76. The molecule has 1 amide bonds. The standard InChI is InChI=1S/C14H25N3O2/c1-19-11-10-17(9-5-8-15)13(18)12-14(16)6-3-2-4-7-14/h2-7,9-12,16H2,1H3. The molecule has 0 radical (unpaired) electrons. The summed E-state index contributed by atoms with van der Waals surface area (Å²) in [5.41, 5.74) is 5.97. The van der Waals surface area contributed by atoms with Gasteiger partial charge in [0.1, 0.15) is 0 Å². The molecule has 0 bridgehead atoms. The number of carbonyl (C=O) groups is 1. The fourth-order valence-corrected chi connectivity index (χ4v) is 2.59. The molecule has 0 heterocycles. The third kappa shape index (κ3) is 5.58. The van der Waals surface area contributed by atoms with E-state index in [1.807, 2.05) is 0 Å². The molecule has 0 aromatic carbocycles. The van der Waals surface area contributed by atoms with Gasteiger partial charge in [0, 0.05) is 32.2 Å². The molecule has 0 unspecified atom stereocenters. The number of nitrogens with two attached hydrogens (primary N) is 1. The third-order valence-corrected chi connectivity index (χ3v) is 3.76. The second-order valence-electron chi connectivity index (χ2n) is 5.38. The minimum Gasteiger partial charge on any atom is -0.383 e. The Morgan fingerprint density at radius 3 is 2.63 bits per heavy atom. The fourth-order valence-electron chi connectivity index (χ4n) is 2.59. The smallest absolute Gasteiger partial charge is 0.224 e. The molecule has 1 aliphatic carbocycles. The maximum Gasteiger partial charge on any atom is 0.224 e. The molecule has 1 fully saturated rings. The molecule has 0 aromatic rings. The van der Waals surface area contributed by atoms with Gasteiger partial charge in [-0.2, -0.15) is 5.26 Å². The van der Waals surface area contributed by atoms with Crippen LogP contribution in [0.3, 0.4) is 0 Å². The number of amides is 1. The van der Waals surface area contributed by atoms with E-state index >= 15 is 0 Å². The minimum atomic E-state index is -0.340. The van der Waals surface area contributed by atoms with Crippen LogP contribution in [0.15, 0.2) is 0 Å². The first-order chi connectivity index (χ1) is 9.11. The Morgan fingerprint density at radius 1 is 1.37 bits per heavy atom. The fraction of sp³-hybridized carbons (Fsp3) is 0.857. The Hall–Kier alpha value is -1.12. The summed E-state index contributed by atoms with van der Waals surface area (Å²) >= 11 is 0. The normalized spacial score (nSPS) is 17.7. The van der Waals surface area contributed by atoms with E-state index in [0.717, 1.165) is 25.7 Å². The summed E-state index contributed by atoms with van der Waals surface area (Å²) in [6.07, 6.45) is 6.04. The van der Waals surface area contributed by atoms with Crippen molar-refractivity contribution in [2.75, 3.05) is 26.8 Å². The first-order valence-electron chi connectivity index (χ1n) is 7.04. The van der Waals surface area contributed by atoms with Crippen molar-refractivity contribution in [3.63, 3.8) is 0 Å². The molecule has 1 saturated carbocycles. The van der Waals surface area contributed by atoms with Crippen LogP contribution in [0.2, 0.25) is 0 Å². The van der Waals surface area contributed by atoms with Gasteiger partial charge in [-0.15, -0.1) is 0 Å². The highest BCUT2D eigenvalue weighted by Gasteiger charge is 2.31. The van der Waals surface area contributed by atoms with Crippen LogP contribution in [-0.2, 0) is 9.53 Å². The first-order valence-corrected chi connectivity index (χ1v) is 7.04. The van der Waals surface area contributed by atoms with E-state index in [4.69, 9.17) is 15.7 Å². The van der Waals surface area contributed by atoms with Crippen molar-refractivity contribution >= 4 is 5.91 Å². The molecule has 108 valence electrons. The van der Waals surface area contributed by atoms with E-state index in [0.29, 0.717) is 32.5 Å². The molecular weight excluding hydrogens is 242 g/mol. The Balaban J connectivity index is 2.51. The molecule has 1 rings (SSSR count). The molecule has 0 aromatic heterocycles. The summed E-state index contributed by atoms with van der Waals surface area (Å²) in [6, 6.07) is 2.08. The van der Waals surface area contributed by atoms with E-state index in [9.17, 15) is 4.79 Å². The number of nitriles is 1. The van der Waals surface area contributed by atoms with Gasteiger partial charge in [0.2, 0.25) is 5.91 Å². The van der Waals surface area contributed by atoms with Gasteiger partial charge in [0.05, 0.1) is 19.1 Å². The monoisotopic (exact) mass is 267 g/mol. The highest BCUT2D eigenvalue weighted by Crippen LogP contribution is 2.29. The van der Waals surface area contributed by atoms with Gasteiger partial charge in [0.15, 0.2) is 0 Å². The highest BCUT2D eigenvalue weighted by atomic mass is 16.5. The second kappa shape index (κ2) is 8.13. The maximum atomic E-state index is 12.3. The topological polar surface area (TPSA) is 79.3 Å². The van der Waals surface area contributed by atoms with Gasteiger partial charge >= 0.3 is 0 Å². The lowest BCUT2D eigenvalue weighted by Crippen LogP contribution is -2.47. The second-order valence-corrected chi connectivity index (χ2v) is 5.38. The molecular formula is C14H25N3O2. The van der Waals surface area contributed by atoms with Crippen LogP contribution >= 0.6 is 0 Å². The Labute approximate surface area is 115 Å². The number of rotatable bonds is 7. The SMILES string of the molecule is COCCN(CCC#N)C(=O)CC1(N)CCCCC1. The molecule has 19 heavy (non-hydrogen) atoms. The van der Waals surface area contributed by atoms with E-state index < -0.39 is 0 Å². The van der Waals surface area contributed by atoms with Crippen LogP contribution in [0.25, 0.3) is 0 Å².